The zero-order chi connectivity index (χ0) is 27.2. The van der Waals surface area contributed by atoms with E-state index in [1.54, 1.807) is 19.9 Å². The summed E-state index contributed by atoms with van der Waals surface area (Å²) >= 11 is 0. The highest BCUT2D eigenvalue weighted by atomic mass is 16.7. The molecular weight excluding hydrogens is 492 g/mol. The van der Waals surface area contributed by atoms with E-state index < -0.39 is 23.3 Å². The summed E-state index contributed by atoms with van der Waals surface area (Å²) in [7, 11) is 0. The Balaban J connectivity index is 1.43. The van der Waals surface area contributed by atoms with Crippen LogP contribution in [0.1, 0.15) is 50.9 Å². The molecule has 0 aliphatic carbocycles. The van der Waals surface area contributed by atoms with Gasteiger partial charge in [0.1, 0.15) is 39.9 Å². The van der Waals surface area contributed by atoms with Crippen molar-refractivity contribution < 1.29 is 28.5 Å². The molecule has 11 nitrogen and oxygen atoms in total. The van der Waals surface area contributed by atoms with Crippen molar-refractivity contribution in [3.05, 3.63) is 33.7 Å². The van der Waals surface area contributed by atoms with E-state index in [4.69, 9.17) is 30.1 Å². The molecule has 5 rings (SSSR count). The smallest absolute Gasteiger partial charge is 0.341 e. The first-order chi connectivity index (χ1) is 18.0. The molecule has 0 amide bonds. The number of guanidine groups is 1. The average Bonchev–Trinajstić information content (AvgIpc) is 3.54. The Morgan fingerprint density at radius 1 is 1.26 bits per heavy atom. The molecular formula is C27H36N4O7. The van der Waals surface area contributed by atoms with Crippen LogP contribution in [0.2, 0.25) is 0 Å². The van der Waals surface area contributed by atoms with Crippen molar-refractivity contribution in [3.8, 4) is 11.5 Å². The Morgan fingerprint density at radius 3 is 2.71 bits per heavy atom. The minimum Gasteiger partial charge on any atom is -0.507 e. The fraction of sp³-hybridized carbons (Fsp3) is 0.593. The Kier molecular flexibility index (Phi) is 6.77. The summed E-state index contributed by atoms with van der Waals surface area (Å²) < 4.78 is 24.2. The maximum atomic E-state index is 13.4. The number of benzene rings is 1. The predicted octanol–water partition coefficient (Wildman–Crippen LogP) is 1.62. The van der Waals surface area contributed by atoms with E-state index in [-0.39, 0.29) is 46.5 Å². The van der Waals surface area contributed by atoms with Gasteiger partial charge in [-0.05, 0) is 59.5 Å². The number of hydrogen-bond acceptors (Lipinski definition) is 9. The lowest BCUT2D eigenvalue weighted by atomic mass is 9.75. The van der Waals surface area contributed by atoms with Crippen molar-refractivity contribution in [3.63, 3.8) is 0 Å². The molecule has 38 heavy (non-hydrogen) atoms. The summed E-state index contributed by atoms with van der Waals surface area (Å²) in [5, 5.41) is 14.6. The van der Waals surface area contributed by atoms with Gasteiger partial charge >= 0.3 is 5.97 Å². The van der Waals surface area contributed by atoms with Crippen LogP contribution in [0.3, 0.4) is 0 Å². The van der Waals surface area contributed by atoms with Gasteiger partial charge in [0.05, 0.1) is 6.10 Å². The van der Waals surface area contributed by atoms with Crippen LogP contribution in [0.4, 0.5) is 0 Å². The number of phenols is 1. The molecule has 0 radical (unpaired) electrons. The number of aromatic hydroxyl groups is 1. The summed E-state index contributed by atoms with van der Waals surface area (Å²) in [6.45, 7) is 7.47. The number of hydrogen-bond donors (Lipinski definition) is 4. The van der Waals surface area contributed by atoms with Crippen molar-refractivity contribution in [2.45, 2.75) is 76.3 Å². The molecule has 0 bridgehead atoms. The molecule has 11 heteroatoms. The summed E-state index contributed by atoms with van der Waals surface area (Å²) in [6.07, 6.45) is 2.16. The first-order valence-corrected chi connectivity index (χ1v) is 13.2. The number of carbonyl (C=O) groups excluding carboxylic acids is 1. The van der Waals surface area contributed by atoms with Gasteiger partial charge in [-0.25, -0.2) is 4.79 Å². The van der Waals surface area contributed by atoms with Gasteiger partial charge in [0.25, 0.3) is 0 Å². The van der Waals surface area contributed by atoms with Gasteiger partial charge in [-0.1, -0.05) is 0 Å². The average molecular weight is 529 g/mol. The van der Waals surface area contributed by atoms with Gasteiger partial charge < -0.3 is 40.5 Å². The molecule has 0 saturated carbocycles. The Hall–Kier alpha value is -3.31. The molecule has 1 aromatic carbocycles. The zero-order valence-electron chi connectivity index (χ0n) is 22.0. The number of carbonyl (C=O) groups is 1. The number of rotatable bonds is 7. The van der Waals surface area contributed by atoms with Gasteiger partial charge in [-0.2, -0.15) is 0 Å². The Morgan fingerprint density at radius 2 is 2.00 bits per heavy atom. The topological polar surface area (TPSA) is 175 Å². The first-order valence-electron chi connectivity index (χ1n) is 13.2. The van der Waals surface area contributed by atoms with E-state index in [0.717, 1.165) is 25.9 Å². The van der Waals surface area contributed by atoms with E-state index in [1.165, 1.54) is 6.07 Å². The monoisotopic (exact) mass is 528 g/mol. The van der Waals surface area contributed by atoms with Crippen LogP contribution in [0, 0.1) is 12.8 Å². The van der Waals surface area contributed by atoms with Gasteiger partial charge in [0.2, 0.25) is 0 Å². The van der Waals surface area contributed by atoms with E-state index >= 15 is 0 Å². The maximum Gasteiger partial charge on any atom is 0.341 e. The van der Waals surface area contributed by atoms with Crippen molar-refractivity contribution >= 4 is 22.9 Å². The van der Waals surface area contributed by atoms with E-state index in [0.29, 0.717) is 36.5 Å². The fourth-order valence-electron chi connectivity index (χ4n) is 5.83. The zero-order valence-corrected chi connectivity index (χ0v) is 22.0. The number of ether oxygens (including phenoxy) is 3. The van der Waals surface area contributed by atoms with Gasteiger partial charge in [0, 0.05) is 36.6 Å². The SMILES string of the molecule is Cc1cc(=O)c2c(O)c3c(cc2o1)O[C@@](C)(C1CCNCC1)[C@H](OC(=O)[C@]1(C)O[C@@H]1CCCN=C(N)N)C3. The third-order valence-corrected chi connectivity index (χ3v) is 8.21. The second-order valence-electron chi connectivity index (χ2n) is 10.9. The van der Waals surface area contributed by atoms with Crippen LogP contribution in [0.5, 0.6) is 11.5 Å². The first kappa shape index (κ1) is 26.3. The van der Waals surface area contributed by atoms with E-state index in [2.05, 4.69) is 10.3 Å². The van der Waals surface area contributed by atoms with Crippen molar-refractivity contribution in [1.29, 1.82) is 0 Å². The summed E-state index contributed by atoms with van der Waals surface area (Å²) in [6, 6.07) is 3.00. The largest absolute Gasteiger partial charge is 0.507 e. The normalized spacial score (nSPS) is 28.8. The number of aryl methyl sites for hydroxylation is 1. The number of aliphatic imine (C=N–C) groups is 1. The molecule has 0 unspecified atom stereocenters. The number of epoxide rings is 1. The van der Waals surface area contributed by atoms with Crippen molar-refractivity contribution in [2.75, 3.05) is 19.6 Å². The number of nitrogens with one attached hydrogen (secondary N) is 1. The van der Waals surface area contributed by atoms with Crippen LogP contribution in [-0.4, -0.2) is 60.1 Å². The number of nitrogens with two attached hydrogens (primary N) is 2. The number of nitrogens with zero attached hydrogens (tertiary/aromatic N) is 1. The lowest BCUT2D eigenvalue weighted by molar-refractivity contribution is -0.175. The van der Waals surface area contributed by atoms with Crippen molar-refractivity contribution in [1.82, 2.24) is 5.32 Å². The minimum absolute atomic E-state index is 0.0302. The lowest BCUT2D eigenvalue weighted by Gasteiger charge is -2.47. The third kappa shape index (κ3) is 4.69. The Labute approximate surface area is 220 Å². The van der Waals surface area contributed by atoms with Crippen LogP contribution >= 0.6 is 0 Å². The molecule has 3 aliphatic rings. The standard InChI is InChI=1S/C27H36N4O7/c1-14-11-17(32)22-19(35-14)13-18-16(23(22)33)12-21(26(2,37-18)15-6-9-30-10-7-15)36-24(34)27(3)20(38-27)5-4-8-31-25(28)29/h11,13,15,20-21,30,33H,4-10,12H2,1-3H3,(H4,28,29,31)/t20-,21-,26+,27-/m1/s1. The molecule has 4 heterocycles. The molecule has 2 saturated heterocycles. The van der Waals surface area contributed by atoms with E-state index in [1.807, 2.05) is 6.92 Å². The predicted molar refractivity (Wildman–Crippen MR) is 140 cm³/mol. The van der Waals surface area contributed by atoms with Gasteiger partial charge in [-0.3, -0.25) is 9.79 Å². The Bertz CT molecular complexity index is 1330. The van der Waals surface area contributed by atoms with E-state index in [9.17, 15) is 14.7 Å². The second kappa shape index (κ2) is 9.77. The van der Waals surface area contributed by atoms with Crippen LogP contribution in [-0.2, 0) is 20.7 Å². The van der Waals surface area contributed by atoms with Crippen LogP contribution < -0.4 is 26.9 Å². The molecule has 2 fully saturated rings. The highest BCUT2D eigenvalue weighted by Crippen LogP contribution is 2.48. The number of esters is 1. The molecule has 1 aromatic heterocycles. The molecule has 2 aromatic rings. The number of phenolic OH excluding ortho intramolecular Hbond substituents is 1. The summed E-state index contributed by atoms with van der Waals surface area (Å²) in [5.74, 6) is 0.325. The summed E-state index contributed by atoms with van der Waals surface area (Å²) in [4.78, 5) is 30.0. The fourth-order valence-corrected chi connectivity index (χ4v) is 5.83. The number of fused-ring (bicyclic) bond motifs is 2. The van der Waals surface area contributed by atoms with Gasteiger partial charge in [-0.15, -0.1) is 0 Å². The van der Waals surface area contributed by atoms with Gasteiger partial charge in [0.15, 0.2) is 17.0 Å². The quantitative estimate of drug-likeness (QED) is 0.136. The molecule has 4 atom stereocenters. The molecule has 0 spiro atoms. The third-order valence-electron chi connectivity index (χ3n) is 8.21. The van der Waals surface area contributed by atoms with Crippen molar-refractivity contribution in [2.24, 2.45) is 22.4 Å². The second-order valence-corrected chi connectivity index (χ2v) is 10.9. The summed E-state index contributed by atoms with van der Waals surface area (Å²) in [5.41, 5.74) is 9.16. The highest BCUT2D eigenvalue weighted by Gasteiger charge is 2.61. The van der Waals surface area contributed by atoms with Crippen LogP contribution in [0.25, 0.3) is 11.0 Å². The molecule has 3 aliphatic heterocycles. The molecule has 206 valence electrons. The molecule has 6 N–H and O–H groups in total. The highest BCUT2D eigenvalue weighted by molar-refractivity contribution is 5.87. The minimum atomic E-state index is -1.07. The maximum absolute atomic E-state index is 13.4. The number of piperidine rings is 1. The lowest BCUT2D eigenvalue weighted by Crippen LogP contribution is -2.58. The van der Waals surface area contributed by atoms with Crippen LogP contribution in [0.15, 0.2) is 26.3 Å².